The molecule has 0 amide bonds. The van der Waals surface area contributed by atoms with Gasteiger partial charge in [0.1, 0.15) is 0 Å². The maximum atomic E-state index is 6.25. The van der Waals surface area contributed by atoms with Crippen molar-refractivity contribution in [1.29, 1.82) is 0 Å². The minimum absolute atomic E-state index is 0.00738. The second-order valence-electron chi connectivity index (χ2n) is 6.82. The van der Waals surface area contributed by atoms with Crippen LogP contribution in [0.25, 0.3) is 0 Å². The lowest BCUT2D eigenvalue weighted by Gasteiger charge is -2.38. The van der Waals surface area contributed by atoms with Gasteiger partial charge in [-0.25, -0.2) is 0 Å². The molecular weight excluding hydrogens is 184 g/mol. The molecule has 0 spiro atoms. The first kappa shape index (κ1) is 15.0. The van der Waals surface area contributed by atoms with E-state index in [1.54, 1.807) is 0 Å². The number of hydrogen-bond donors (Lipinski definition) is 0. The predicted molar refractivity (Wildman–Crippen MR) is 68.2 cm³/mol. The summed E-state index contributed by atoms with van der Waals surface area (Å²) in [7, 11) is 0. The summed E-state index contributed by atoms with van der Waals surface area (Å²) in [4.78, 5) is 0. The molecule has 0 atom stereocenters. The van der Waals surface area contributed by atoms with Crippen LogP contribution in [-0.2, 0) is 4.74 Å². The van der Waals surface area contributed by atoms with Crippen LogP contribution in [0.5, 0.6) is 0 Å². The van der Waals surface area contributed by atoms with Gasteiger partial charge in [0, 0.05) is 0 Å². The second kappa shape index (κ2) is 5.34. The lowest BCUT2D eigenvalue weighted by atomic mass is 9.91. The first-order chi connectivity index (χ1) is 6.54. The molecule has 0 radical (unpaired) electrons. The van der Waals surface area contributed by atoms with Gasteiger partial charge in [-0.2, -0.15) is 0 Å². The molecule has 0 N–H and O–H groups in total. The second-order valence-corrected chi connectivity index (χ2v) is 6.82. The van der Waals surface area contributed by atoms with Crippen LogP contribution in [0.3, 0.4) is 0 Å². The fourth-order valence-electron chi connectivity index (χ4n) is 2.80. The average molecular weight is 214 g/mol. The van der Waals surface area contributed by atoms with E-state index in [0.717, 1.165) is 12.8 Å². The fraction of sp³-hybridized carbons (Fsp3) is 1.00. The predicted octanol–water partition coefficient (Wildman–Crippen LogP) is 4.65. The van der Waals surface area contributed by atoms with Crippen molar-refractivity contribution < 1.29 is 4.74 Å². The third-order valence-electron chi connectivity index (χ3n) is 2.35. The zero-order valence-electron chi connectivity index (χ0n) is 12.0. The Morgan fingerprint density at radius 3 is 1.20 bits per heavy atom. The van der Waals surface area contributed by atoms with Gasteiger partial charge in [-0.05, 0) is 52.4 Å². The molecule has 0 aromatic carbocycles. The van der Waals surface area contributed by atoms with Crippen molar-refractivity contribution in [3.8, 4) is 0 Å². The van der Waals surface area contributed by atoms with Gasteiger partial charge in [0.2, 0.25) is 0 Å². The molecule has 92 valence electrons. The molecule has 1 heteroatoms. The number of hydrogen-bond acceptors (Lipinski definition) is 1. The van der Waals surface area contributed by atoms with E-state index in [-0.39, 0.29) is 11.2 Å². The quantitative estimate of drug-likeness (QED) is 0.625. The van der Waals surface area contributed by atoms with Crippen LogP contribution in [0.2, 0.25) is 0 Å². The molecule has 1 nitrogen and oxygen atoms in total. The molecule has 0 aromatic rings. The first-order valence-corrected chi connectivity index (χ1v) is 6.24. The van der Waals surface area contributed by atoms with E-state index in [4.69, 9.17) is 4.74 Å². The number of ether oxygens (including phenoxy) is 1. The lowest BCUT2D eigenvalue weighted by Crippen LogP contribution is -2.38. The summed E-state index contributed by atoms with van der Waals surface area (Å²) < 4.78 is 6.25. The van der Waals surface area contributed by atoms with E-state index >= 15 is 0 Å². The molecule has 0 aliphatic heterocycles. The Bertz CT molecular complexity index is 158. The maximum absolute atomic E-state index is 6.25. The molecule has 0 saturated heterocycles. The molecular formula is C14H30O. The fourth-order valence-corrected chi connectivity index (χ4v) is 2.80. The third-order valence-corrected chi connectivity index (χ3v) is 2.35. The first-order valence-electron chi connectivity index (χ1n) is 6.24. The summed E-state index contributed by atoms with van der Waals surface area (Å²) in [6, 6.07) is 0. The Kier molecular flexibility index (Phi) is 5.32. The minimum Gasteiger partial charge on any atom is -0.370 e. The Hall–Kier alpha value is -0.0400. The van der Waals surface area contributed by atoms with Crippen molar-refractivity contribution in [2.75, 3.05) is 0 Å². The van der Waals surface area contributed by atoms with Crippen molar-refractivity contribution in [3.05, 3.63) is 0 Å². The average Bonchev–Trinajstić information content (AvgIpc) is 1.73. The van der Waals surface area contributed by atoms with Gasteiger partial charge >= 0.3 is 0 Å². The highest BCUT2D eigenvalue weighted by atomic mass is 16.5. The Labute approximate surface area is 96.6 Å². The van der Waals surface area contributed by atoms with Crippen LogP contribution in [-0.4, -0.2) is 11.2 Å². The van der Waals surface area contributed by atoms with Gasteiger partial charge in [-0.15, -0.1) is 0 Å². The van der Waals surface area contributed by atoms with E-state index in [1.807, 2.05) is 0 Å². The van der Waals surface area contributed by atoms with Crippen LogP contribution in [0.1, 0.15) is 68.2 Å². The molecule has 0 saturated carbocycles. The van der Waals surface area contributed by atoms with Crippen molar-refractivity contribution in [1.82, 2.24) is 0 Å². The molecule has 0 bridgehead atoms. The van der Waals surface area contributed by atoms with Crippen molar-refractivity contribution in [3.63, 3.8) is 0 Å². The molecule has 0 aliphatic rings. The van der Waals surface area contributed by atoms with Gasteiger partial charge in [0.05, 0.1) is 11.2 Å². The van der Waals surface area contributed by atoms with E-state index in [1.165, 1.54) is 0 Å². The zero-order valence-corrected chi connectivity index (χ0v) is 12.0. The van der Waals surface area contributed by atoms with Gasteiger partial charge in [-0.1, -0.05) is 27.7 Å². The molecule has 0 unspecified atom stereocenters. The van der Waals surface area contributed by atoms with Gasteiger partial charge in [0.15, 0.2) is 0 Å². The zero-order chi connectivity index (χ0) is 12.3. The van der Waals surface area contributed by atoms with Crippen LogP contribution in [0, 0.1) is 11.8 Å². The highest BCUT2D eigenvalue weighted by Gasteiger charge is 2.30. The normalized spacial score (nSPS) is 14.0. The number of rotatable bonds is 6. The monoisotopic (exact) mass is 214 g/mol. The Morgan fingerprint density at radius 1 is 0.733 bits per heavy atom. The largest absolute Gasteiger partial charge is 0.370 e. The van der Waals surface area contributed by atoms with E-state index in [9.17, 15) is 0 Å². The summed E-state index contributed by atoms with van der Waals surface area (Å²) in [5, 5.41) is 0. The lowest BCUT2D eigenvalue weighted by molar-refractivity contribution is -0.137. The molecule has 0 aromatic heterocycles. The topological polar surface area (TPSA) is 9.23 Å². The van der Waals surface area contributed by atoms with Gasteiger partial charge < -0.3 is 4.74 Å². The molecule has 0 aliphatic carbocycles. The highest BCUT2D eigenvalue weighted by molar-refractivity contribution is 4.79. The Morgan fingerprint density at radius 2 is 1.00 bits per heavy atom. The molecule has 0 fully saturated rings. The summed E-state index contributed by atoms with van der Waals surface area (Å²) in [6.07, 6.45) is 2.24. The van der Waals surface area contributed by atoms with Crippen molar-refractivity contribution >= 4 is 0 Å². The summed E-state index contributed by atoms with van der Waals surface area (Å²) in [5.41, 5.74) is -0.0148. The van der Waals surface area contributed by atoms with Gasteiger partial charge in [0.25, 0.3) is 0 Å². The molecule has 0 rings (SSSR count). The SMILES string of the molecule is CC(C)CC(C)(C)OC(C)(C)CC(C)C. The summed E-state index contributed by atoms with van der Waals surface area (Å²) >= 11 is 0. The van der Waals surface area contributed by atoms with Crippen LogP contribution in [0.4, 0.5) is 0 Å². The van der Waals surface area contributed by atoms with Crippen molar-refractivity contribution in [2.24, 2.45) is 11.8 Å². The molecule has 0 heterocycles. The van der Waals surface area contributed by atoms with E-state index in [0.29, 0.717) is 11.8 Å². The van der Waals surface area contributed by atoms with E-state index in [2.05, 4.69) is 55.4 Å². The maximum Gasteiger partial charge on any atom is 0.0636 e. The highest BCUT2D eigenvalue weighted by Crippen LogP contribution is 2.30. The summed E-state index contributed by atoms with van der Waals surface area (Å²) in [5.74, 6) is 1.38. The van der Waals surface area contributed by atoms with E-state index < -0.39 is 0 Å². The van der Waals surface area contributed by atoms with Crippen LogP contribution in [0.15, 0.2) is 0 Å². The van der Waals surface area contributed by atoms with Crippen molar-refractivity contribution in [2.45, 2.75) is 79.4 Å². The van der Waals surface area contributed by atoms with Gasteiger partial charge in [-0.3, -0.25) is 0 Å². The molecule has 15 heavy (non-hydrogen) atoms. The third kappa shape index (κ3) is 7.84. The van der Waals surface area contributed by atoms with Crippen LogP contribution < -0.4 is 0 Å². The minimum atomic E-state index is -0.00738. The Balaban J connectivity index is 4.29. The summed E-state index contributed by atoms with van der Waals surface area (Å²) in [6.45, 7) is 17.8. The standard InChI is InChI=1S/C14H30O/c1-11(2)9-13(5,6)15-14(7,8)10-12(3)4/h11-12H,9-10H2,1-8H3. The smallest absolute Gasteiger partial charge is 0.0636 e. The van der Waals surface area contributed by atoms with Crippen LogP contribution >= 0.6 is 0 Å².